The molecule has 0 atom stereocenters. The van der Waals surface area contributed by atoms with Gasteiger partial charge in [0.1, 0.15) is 11.3 Å². The predicted octanol–water partition coefficient (Wildman–Crippen LogP) is 5.40. The van der Waals surface area contributed by atoms with E-state index in [9.17, 15) is 0 Å². The molecule has 0 aliphatic rings. The lowest BCUT2D eigenvalue weighted by Crippen LogP contribution is -1.86. The number of alkyl halides is 1. The lowest BCUT2D eigenvalue weighted by molar-refractivity contribution is 0.544. The molecule has 0 spiro atoms. The zero-order chi connectivity index (χ0) is 13.2. The summed E-state index contributed by atoms with van der Waals surface area (Å²) in [5.74, 6) is 1.64. The van der Waals surface area contributed by atoms with Crippen LogP contribution in [-0.2, 0) is 6.42 Å². The van der Waals surface area contributed by atoms with Crippen molar-refractivity contribution in [2.75, 3.05) is 5.88 Å². The molecule has 2 heteroatoms. The molecule has 0 unspecified atom stereocenters. The van der Waals surface area contributed by atoms with Crippen molar-refractivity contribution in [3.8, 4) is 0 Å². The van der Waals surface area contributed by atoms with Gasteiger partial charge in [-0.3, -0.25) is 0 Å². The molecule has 0 saturated carbocycles. The number of hydrogen-bond acceptors (Lipinski definition) is 1. The van der Waals surface area contributed by atoms with E-state index in [-0.39, 0.29) is 0 Å². The van der Waals surface area contributed by atoms with Crippen LogP contribution in [0.15, 0.2) is 47.4 Å². The van der Waals surface area contributed by atoms with E-state index in [2.05, 4.69) is 36.9 Å². The first kappa shape index (κ1) is 12.3. The van der Waals surface area contributed by atoms with Gasteiger partial charge in [0.25, 0.3) is 0 Å². The SMILES string of the molecule is C=Cc1c(CCCCl)oc2ccc3ccccc3c12. The van der Waals surface area contributed by atoms with Crippen molar-refractivity contribution in [1.29, 1.82) is 0 Å². The maximum absolute atomic E-state index is 5.97. The molecule has 0 fully saturated rings. The first-order valence-electron chi connectivity index (χ1n) is 6.46. The summed E-state index contributed by atoms with van der Waals surface area (Å²) in [7, 11) is 0. The fraction of sp³-hybridized carbons (Fsp3) is 0.176. The van der Waals surface area contributed by atoms with Crippen molar-refractivity contribution in [2.45, 2.75) is 12.8 Å². The highest BCUT2D eigenvalue weighted by molar-refractivity contribution is 6.17. The van der Waals surface area contributed by atoms with Gasteiger partial charge in [0.2, 0.25) is 0 Å². The molecule has 0 N–H and O–H groups in total. The standard InChI is InChI=1S/C17H15ClO/c1-2-13-15(8-5-11-18)19-16-10-9-12-6-3-4-7-14(12)17(13)16/h2-4,6-7,9-10H,1,5,8,11H2. The zero-order valence-corrected chi connectivity index (χ0v) is 11.4. The van der Waals surface area contributed by atoms with Crippen molar-refractivity contribution in [1.82, 2.24) is 0 Å². The summed E-state index contributed by atoms with van der Waals surface area (Å²) in [6, 6.07) is 12.5. The van der Waals surface area contributed by atoms with E-state index in [1.165, 1.54) is 10.8 Å². The van der Waals surface area contributed by atoms with Gasteiger partial charge in [-0.05, 0) is 23.3 Å². The first-order chi connectivity index (χ1) is 9.35. The molecule has 3 aromatic rings. The van der Waals surface area contributed by atoms with Gasteiger partial charge in [-0.2, -0.15) is 0 Å². The Morgan fingerprint density at radius 1 is 1.16 bits per heavy atom. The Hall–Kier alpha value is -1.73. The van der Waals surface area contributed by atoms with Crippen LogP contribution >= 0.6 is 11.6 Å². The molecule has 0 aliphatic heterocycles. The summed E-state index contributed by atoms with van der Waals surface area (Å²) in [6.07, 6.45) is 3.66. The van der Waals surface area contributed by atoms with Crippen molar-refractivity contribution in [3.63, 3.8) is 0 Å². The number of furan rings is 1. The number of hydrogen-bond donors (Lipinski definition) is 0. The lowest BCUT2D eigenvalue weighted by Gasteiger charge is -1.99. The maximum atomic E-state index is 5.97. The molecule has 0 amide bonds. The van der Waals surface area contributed by atoms with E-state index >= 15 is 0 Å². The van der Waals surface area contributed by atoms with Gasteiger partial charge in [-0.15, -0.1) is 11.6 Å². The normalized spacial score (nSPS) is 11.2. The van der Waals surface area contributed by atoms with E-state index in [1.54, 1.807) is 0 Å². The largest absolute Gasteiger partial charge is 0.460 e. The van der Waals surface area contributed by atoms with E-state index in [0.717, 1.165) is 35.1 Å². The molecule has 1 heterocycles. The lowest BCUT2D eigenvalue weighted by atomic mass is 10.0. The minimum atomic E-state index is 0.647. The third-order valence-corrected chi connectivity index (χ3v) is 3.70. The fourth-order valence-electron chi connectivity index (χ4n) is 2.57. The van der Waals surface area contributed by atoms with Crippen LogP contribution in [0.1, 0.15) is 17.7 Å². The molecular weight excluding hydrogens is 256 g/mol. The number of benzene rings is 2. The molecule has 0 bridgehead atoms. The van der Waals surface area contributed by atoms with Crippen LogP contribution in [0, 0.1) is 0 Å². The first-order valence-corrected chi connectivity index (χ1v) is 7.00. The Bertz CT molecular complexity index is 739. The summed E-state index contributed by atoms with van der Waals surface area (Å²) in [4.78, 5) is 0. The fourth-order valence-corrected chi connectivity index (χ4v) is 2.70. The van der Waals surface area contributed by atoms with Gasteiger partial charge in [0.05, 0.1) is 0 Å². The minimum Gasteiger partial charge on any atom is -0.460 e. The Labute approximate surface area is 117 Å². The molecule has 3 rings (SSSR count). The summed E-state index contributed by atoms with van der Waals surface area (Å²) in [5.41, 5.74) is 2.04. The van der Waals surface area contributed by atoms with E-state index in [1.807, 2.05) is 12.1 Å². The molecule has 2 aromatic carbocycles. The van der Waals surface area contributed by atoms with Gasteiger partial charge in [0, 0.05) is 23.3 Å². The Morgan fingerprint density at radius 2 is 2.00 bits per heavy atom. The van der Waals surface area contributed by atoms with Crippen molar-refractivity contribution < 1.29 is 4.42 Å². The smallest absolute Gasteiger partial charge is 0.135 e. The number of halogens is 1. The van der Waals surface area contributed by atoms with Gasteiger partial charge in [-0.1, -0.05) is 43.0 Å². The summed E-state index contributed by atoms with van der Waals surface area (Å²) in [5, 5.41) is 3.61. The zero-order valence-electron chi connectivity index (χ0n) is 10.7. The Morgan fingerprint density at radius 3 is 2.79 bits per heavy atom. The third kappa shape index (κ3) is 2.04. The predicted molar refractivity (Wildman–Crippen MR) is 82.9 cm³/mol. The average Bonchev–Trinajstić information content (AvgIpc) is 2.83. The van der Waals surface area contributed by atoms with Crippen LogP contribution < -0.4 is 0 Å². The third-order valence-electron chi connectivity index (χ3n) is 3.44. The maximum Gasteiger partial charge on any atom is 0.135 e. The molecule has 19 heavy (non-hydrogen) atoms. The second-order valence-electron chi connectivity index (χ2n) is 4.60. The summed E-state index contributed by atoms with van der Waals surface area (Å²) in [6.45, 7) is 3.94. The molecular formula is C17H15ClO. The Balaban J connectivity index is 2.31. The van der Waals surface area contributed by atoms with Crippen LogP contribution in [0.25, 0.3) is 27.8 Å². The number of aryl methyl sites for hydroxylation is 1. The molecule has 0 radical (unpaired) electrons. The second-order valence-corrected chi connectivity index (χ2v) is 4.97. The van der Waals surface area contributed by atoms with Crippen molar-refractivity contribution in [3.05, 3.63) is 54.3 Å². The van der Waals surface area contributed by atoms with E-state index < -0.39 is 0 Å². The van der Waals surface area contributed by atoms with E-state index in [4.69, 9.17) is 16.0 Å². The van der Waals surface area contributed by atoms with Crippen molar-refractivity contribution in [2.24, 2.45) is 0 Å². The number of rotatable bonds is 4. The quantitative estimate of drug-likeness (QED) is 0.579. The Kier molecular flexibility index (Phi) is 3.31. The molecule has 0 saturated heterocycles. The highest BCUT2D eigenvalue weighted by Gasteiger charge is 2.13. The summed E-state index contributed by atoms with van der Waals surface area (Å²) >= 11 is 5.77. The molecule has 1 aromatic heterocycles. The van der Waals surface area contributed by atoms with Crippen LogP contribution in [0.3, 0.4) is 0 Å². The average molecular weight is 271 g/mol. The number of fused-ring (bicyclic) bond motifs is 3. The topological polar surface area (TPSA) is 13.1 Å². The highest BCUT2D eigenvalue weighted by atomic mass is 35.5. The molecule has 96 valence electrons. The van der Waals surface area contributed by atoms with Gasteiger partial charge < -0.3 is 4.42 Å². The van der Waals surface area contributed by atoms with Crippen molar-refractivity contribution >= 4 is 39.4 Å². The van der Waals surface area contributed by atoms with Crippen LogP contribution in [0.4, 0.5) is 0 Å². The van der Waals surface area contributed by atoms with Crippen LogP contribution in [0.5, 0.6) is 0 Å². The molecule has 0 aliphatic carbocycles. The van der Waals surface area contributed by atoms with Crippen LogP contribution in [0.2, 0.25) is 0 Å². The summed E-state index contributed by atoms with van der Waals surface area (Å²) < 4.78 is 5.97. The second kappa shape index (κ2) is 5.10. The minimum absolute atomic E-state index is 0.647. The van der Waals surface area contributed by atoms with Gasteiger partial charge >= 0.3 is 0 Å². The molecule has 1 nitrogen and oxygen atoms in total. The van der Waals surface area contributed by atoms with Gasteiger partial charge in [0.15, 0.2) is 0 Å². The van der Waals surface area contributed by atoms with Crippen LogP contribution in [-0.4, -0.2) is 5.88 Å². The van der Waals surface area contributed by atoms with E-state index in [0.29, 0.717) is 5.88 Å². The highest BCUT2D eigenvalue weighted by Crippen LogP contribution is 2.33. The monoisotopic (exact) mass is 270 g/mol. The van der Waals surface area contributed by atoms with Gasteiger partial charge in [-0.25, -0.2) is 0 Å².